The van der Waals surface area contributed by atoms with Crippen molar-refractivity contribution in [2.24, 2.45) is 0 Å². The van der Waals surface area contributed by atoms with Crippen LogP contribution in [-0.4, -0.2) is 7.11 Å². The van der Waals surface area contributed by atoms with Gasteiger partial charge in [-0.2, -0.15) is 0 Å². The van der Waals surface area contributed by atoms with Crippen molar-refractivity contribution in [3.05, 3.63) is 131 Å². The van der Waals surface area contributed by atoms with Crippen molar-refractivity contribution in [1.29, 1.82) is 0 Å². The van der Waals surface area contributed by atoms with Crippen molar-refractivity contribution < 1.29 is 9.15 Å². The number of hydrogen-bond donors (Lipinski definition) is 0. The van der Waals surface area contributed by atoms with Crippen LogP contribution >= 0.6 is 7.26 Å². The van der Waals surface area contributed by atoms with Gasteiger partial charge in [-0.15, -0.1) is 0 Å². The third-order valence-corrected chi connectivity index (χ3v) is 10.4. The molecule has 0 aliphatic rings. The van der Waals surface area contributed by atoms with Gasteiger partial charge in [0.25, 0.3) is 0 Å². The van der Waals surface area contributed by atoms with Gasteiger partial charge in [0.05, 0.1) is 13.3 Å². The average molecular weight is 451 g/mol. The van der Waals surface area contributed by atoms with Gasteiger partial charge in [-0.25, -0.2) is 4.79 Å². The van der Waals surface area contributed by atoms with Crippen molar-refractivity contribution in [3.63, 3.8) is 0 Å². The largest absolute Gasteiger partial charge is 0.497 e. The summed E-state index contributed by atoms with van der Waals surface area (Å²) in [5.74, 6) is 0.665. The zero-order chi connectivity index (χ0) is 22.7. The van der Waals surface area contributed by atoms with Gasteiger partial charge < -0.3 is 9.15 Å². The molecule has 0 unspecified atom stereocenters. The summed E-state index contributed by atoms with van der Waals surface area (Å²) in [5, 5.41) is 4.76. The number of methoxy groups -OCH3 is 1. The van der Waals surface area contributed by atoms with Gasteiger partial charge in [-0.05, 0) is 48.5 Å². The molecular formula is C29H24O3P+. The Bertz CT molecular complexity index is 1330. The van der Waals surface area contributed by atoms with Crippen LogP contribution in [0.1, 0.15) is 5.56 Å². The molecule has 0 aliphatic carbocycles. The minimum Gasteiger partial charge on any atom is -0.497 e. The molecule has 4 heteroatoms. The van der Waals surface area contributed by atoms with Gasteiger partial charge in [0, 0.05) is 23.1 Å². The van der Waals surface area contributed by atoms with Gasteiger partial charge in [0.15, 0.2) is 0 Å². The van der Waals surface area contributed by atoms with Crippen LogP contribution in [0.5, 0.6) is 5.75 Å². The summed E-state index contributed by atoms with van der Waals surface area (Å²) in [6.45, 7) is 0. The SMILES string of the molecule is COc1ccc2c(C[P+](c3ccccc3)(c3ccccc3)c3ccccc3)cc(=O)oc2c1. The minimum atomic E-state index is -2.13. The van der Waals surface area contributed by atoms with E-state index in [9.17, 15) is 4.79 Å². The van der Waals surface area contributed by atoms with E-state index in [1.807, 2.05) is 30.3 Å². The number of hydrogen-bond acceptors (Lipinski definition) is 3. The van der Waals surface area contributed by atoms with E-state index in [1.165, 1.54) is 15.9 Å². The zero-order valence-corrected chi connectivity index (χ0v) is 19.2. The van der Waals surface area contributed by atoms with Crippen LogP contribution in [0, 0.1) is 0 Å². The second-order valence-corrected chi connectivity index (χ2v) is 11.4. The Kier molecular flexibility index (Phi) is 5.81. The summed E-state index contributed by atoms with van der Waals surface area (Å²) < 4.78 is 10.9. The van der Waals surface area contributed by atoms with E-state index in [2.05, 4.69) is 72.8 Å². The Morgan fingerprint density at radius 3 is 1.70 bits per heavy atom. The van der Waals surface area contributed by atoms with Gasteiger partial charge in [-0.1, -0.05) is 54.6 Å². The minimum absolute atomic E-state index is 0.349. The summed E-state index contributed by atoms with van der Waals surface area (Å²) in [6.07, 6.45) is 0.708. The van der Waals surface area contributed by atoms with Gasteiger partial charge in [0.1, 0.15) is 34.5 Å². The van der Waals surface area contributed by atoms with E-state index >= 15 is 0 Å². The Balaban J connectivity index is 1.82. The van der Waals surface area contributed by atoms with Crippen LogP contribution in [0.25, 0.3) is 11.0 Å². The van der Waals surface area contributed by atoms with Gasteiger partial charge in [0.2, 0.25) is 0 Å². The maximum absolute atomic E-state index is 12.6. The number of rotatable bonds is 6. The second kappa shape index (κ2) is 9.05. The highest BCUT2D eigenvalue weighted by molar-refractivity contribution is 7.95. The van der Waals surface area contributed by atoms with E-state index in [0.717, 1.165) is 10.9 Å². The highest BCUT2D eigenvalue weighted by Crippen LogP contribution is 2.58. The molecule has 162 valence electrons. The Hall–Kier alpha value is -3.68. The van der Waals surface area contributed by atoms with E-state index < -0.39 is 7.26 Å². The maximum Gasteiger partial charge on any atom is 0.336 e. The molecule has 5 rings (SSSR count). The molecule has 5 aromatic rings. The summed E-state index contributed by atoms with van der Waals surface area (Å²) in [4.78, 5) is 12.6. The second-order valence-electron chi connectivity index (χ2n) is 7.93. The number of ether oxygens (including phenoxy) is 1. The molecule has 0 spiro atoms. The molecule has 3 nitrogen and oxygen atoms in total. The molecule has 0 aliphatic heterocycles. The standard InChI is InChI=1S/C29H24O3P/c1-31-23-17-18-27-22(19-29(30)32-28(27)20-23)21-33(24-11-5-2-6-12-24,25-13-7-3-8-14-25)26-15-9-4-10-16-26/h2-20H,21H2,1H3/q+1. The smallest absolute Gasteiger partial charge is 0.336 e. The molecule has 0 fully saturated rings. The van der Waals surface area contributed by atoms with Crippen molar-refractivity contribution in [2.75, 3.05) is 7.11 Å². The molecule has 0 atom stereocenters. The molecule has 0 saturated heterocycles. The summed E-state index contributed by atoms with van der Waals surface area (Å²) in [5.41, 5.74) is 1.18. The molecule has 0 N–H and O–H groups in total. The number of fused-ring (bicyclic) bond motifs is 1. The molecular weight excluding hydrogens is 427 g/mol. The predicted molar refractivity (Wildman–Crippen MR) is 138 cm³/mol. The first-order valence-corrected chi connectivity index (χ1v) is 12.8. The van der Waals surface area contributed by atoms with E-state index in [-0.39, 0.29) is 5.63 Å². The van der Waals surface area contributed by atoms with Crippen molar-refractivity contribution in [3.8, 4) is 5.75 Å². The Morgan fingerprint density at radius 1 is 0.697 bits per heavy atom. The predicted octanol–water partition coefficient (Wildman–Crippen LogP) is 5.30. The van der Waals surface area contributed by atoms with Gasteiger partial charge >= 0.3 is 5.63 Å². The topological polar surface area (TPSA) is 39.4 Å². The summed E-state index contributed by atoms with van der Waals surface area (Å²) in [7, 11) is -0.519. The molecule has 33 heavy (non-hydrogen) atoms. The molecule has 1 heterocycles. The van der Waals surface area contributed by atoms with Crippen molar-refractivity contribution in [2.45, 2.75) is 6.16 Å². The highest BCUT2D eigenvalue weighted by atomic mass is 31.2. The number of benzene rings is 4. The molecule has 0 amide bonds. The van der Waals surface area contributed by atoms with Crippen LogP contribution < -0.4 is 26.3 Å². The van der Waals surface area contributed by atoms with Crippen LogP contribution in [0.4, 0.5) is 0 Å². The first-order valence-electron chi connectivity index (χ1n) is 10.9. The van der Waals surface area contributed by atoms with Crippen molar-refractivity contribution >= 4 is 34.1 Å². The molecule has 4 aromatic carbocycles. The molecule has 1 aromatic heterocycles. The molecule has 0 radical (unpaired) electrons. The summed E-state index contributed by atoms with van der Waals surface area (Å²) in [6, 6.07) is 39.3. The third-order valence-electron chi connectivity index (χ3n) is 6.04. The first-order chi connectivity index (χ1) is 16.2. The highest BCUT2D eigenvalue weighted by Gasteiger charge is 2.45. The lowest BCUT2D eigenvalue weighted by atomic mass is 10.1. The van der Waals surface area contributed by atoms with Crippen LogP contribution in [0.2, 0.25) is 0 Å². The zero-order valence-electron chi connectivity index (χ0n) is 18.3. The fourth-order valence-corrected chi connectivity index (χ4v) is 8.75. The van der Waals surface area contributed by atoms with Crippen LogP contribution in [-0.2, 0) is 6.16 Å². The van der Waals surface area contributed by atoms with Crippen LogP contribution in [0.3, 0.4) is 0 Å². The first kappa shape index (κ1) is 21.2. The summed E-state index contributed by atoms with van der Waals surface area (Å²) >= 11 is 0. The van der Waals surface area contributed by atoms with E-state index in [0.29, 0.717) is 17.5 Å². The lowest BCUT2D eigenvalue weighted by Crippen LogP contribution is -2.32. The quantitative estimate of drug-likeness (QED) is 0.260. The monoisotopic (exact) mass is 451 g/mol. The lowest BCUT2D eigenvalue weighted by molar-refractivity contribution is 0.414. The maximum atomic E-state index is 12.6. The molecule has 0 bridgehead atoms. The van der Waals surface area contributed by atoms with E-state index in [1.54, 1.807) is 19.2 Å². The normalized spacial score (nSPS) is 11.4. The fraction of sp³-hybridized carbons (Fsp3) is 0.0690. The Labute approximate surface area is 193 Å². The van der Waals surface area contributed by atoms with Crippen molar-refractivity contribution in [1.82, 2.24) is 0 Å². The van der Waals surface area contributed by atoms with E-state index in [4.69, 9.17) is 9.15 Å². The van der Waals surface area contributed by atoms with Gasteiger partial charge in [-0.3, -0.25) is 0 Å². The fourth-order valence-electron chi connectivity index (χ4n) is 4.49. The Morgan fingerprint density at radius 2 is 1.21 bits per heavy atom. The van der Waals surface area contributed by atoms with Crippen LogP contribution in [0.15, 0.2) is 124 Å². The third kappa shape index (κ3) is 3.97. The molecule has 0 saturated carbocycles. The lowest BCUT2D eigenvalue weighted by Gasteiger charge is -2.28. The average Bonchev–Trinajstić information content (AvgIpc) is 2.88.